The first kappa shape index (κ1) is 27.4. The van der Waals surface area contributed by atoms with Crippen molar-refractivity contribution < 1.29 is 13.2 Å². The highest BCUT2D eigenvalue weighted by molar-refractivity contribution is 6.51. The Morgan fingerprint density at radius 2 is 1.64 bits per heavy atom. The van der Waals surface area contributed by atoms with Crippen molar-refractivity contribution in [2.24, 2.45) is 9.98 Å². The summed E-state index contributed by atoms with van der Waals surface area (Å²) in [4.78, 5) is 18.6. The maximum Gasteiger partial charge on any atom is 0.416 e. The Hall–Kier alpha value is -5.45. The smallest absolute Gasteiger partial charge is 0.378 e. The second-order valence-corrected chi connectivity index (χ2v) is 10.8. The van der Waals surface area contributed by atoms with Gasteiger partial charge in [0.1, 0.15) is 0 Å². The molecule has 11 heteroatoms. The number of amidine groups is 2. The van der Waals surface area contributed by atoms with Gasteiger partial charge in [-0.05, 0) is 67.1 Å². The van der Waals surface area contributed by atoms with Crippen LogP contribution >= 0.6 is 0 Å². The summed E-state index contributed by atoms with van der Waals surface area (Å²) in [6.07, 6.45) is -2.80. The molecule has 0 spiro atoms. The lowest BCUT2D eigenvalue weighted by Gasteiger charge is -2.40. The highest BCUT2D eigenvalue weighted by atomic mass is 19.4. The summed E-state index contributed by atoms with van der Waals surface area (Å²) in [5.41, 5.74) is 4.68. The quantitative estimate of drug-likeness (QED) is 0.235. The Morgan fingerprint density at radius 3 is 2.36 bits per heavy atom. The van der Waals surface area contributed by atoms with Gasteiger partial charge in [-0.15, -0.1) is 0 Å². The van der Waals surface area contributed by atoms with E-state index in [0.717, 1.165) is 40.3 Å². The summed E-state index contributed by atoms with van der Waals surface area (Å²) in [5, 5.41) is 8.02. The predicted molar refractivity (Wildman–Crippen MR) is 167 cm³/mol. The molecular formula is C33H27F3N8. The van der Waals surface area contributed by atoms with Crippen LogP contribution in [0.15, 0.2) is 107 Å². The molecule has 0 amide bonds. The van der Waals surface area contributed by atoms with Crippen LogP contribution in [-0.4, -0.2) is 40.5 Å². The molecule has 0 fully saturated rings. The monoisotopic (exact) mass is 592 g/mol. The molecule has 0 aliphatic carbocycles. The van der Waals surface area contributed by atoms with Gasteiger partial charge < -0.3 is 15.1 Å². The van der Waals surface area contributed by atoms with Crippen LogP contribution < -0.4 is 15.1 Å². The van der Waals surface area contributed by atoms with E-state index in [9.17, 15) is 13.2 Å². The molecule has 1 N–H and O–H groups in total. The van der Waals surface area contributed by atoms with E-state index in [4.69, 9.17) is 15.1 Å². The van der Waals surface area contributed by atoms with E-state index in [1.165, 1.54) is 6.07 Å². The topological polar surface area (TPSA) is 73.9 Å². The van der Waals surface area contributed by atoms with E-state index in [2.05, 4.69) is 39.5 Å². The van der Waals surface area contributed by atoms with Gasteiger partial charge in [-0.2, -0.15) is 23.0 Å². The van der Waals surface area contributed by atoms with Crippen molar-refractivity contribution in [2.45, 2.75) is 19.1 Å². The summed E-state index contributed by atoms with van der Waals surface area (Å²) in [7, 11) is 3.98. The third kappa shape index (κ3) is 4.66. The highest BCUT2D eigenvalue weighted by Crippen LogP contribution is 2.48. The van der Waals surface area contributed by atoms with Crippen molar-refractivity contribution in [3.63, 3.8) is 0 Å². The maximum atomic E-state index is 13.6. The fraction of sp³-hybridized carbons (Fsp3) is 0.152. The number of halogens is 3. The number of pyridine rings is 1. The fourth-order valence-corrected chi connectivity index (χ4v) is 5.62. The molecular weight excluding hydrogens is 565 g/mol. The number of rotatable bonds is 4. The van der Waals surface area contributed by atoms with Gasteiger partial charge in [-0.25, -0.2) is 15.0 Å². The Kier molecular flexibility index (Phi) is 6.45. The molecule has 0 radical (unpaired) electrons. The van der Waals surface area contributed by atoms with Gasteiger partial charge in [0.25, 0.3) is 0 Å². The first-order valence-corrected chi connectivity index (χ1v) is 14.0. The second kappa shape index (κ2) is 10.4. The van der Waals surface area contributed by atoms with Gasteiger partial charge in [0.2, 0.25) is 0 Å². The zero-order chi connectivity index (χ0) is 30.6. The van der Waals surface area contributed by atoms with Gasteiger partial charge in [-0.3, -0.25) is 0 Å². The Balaban J connectivity index is 1.46. The normalized spacial score (nSPS) is 15.5. The van der Waals surface area contributed by atoms with Crippen molar-refractivity contribution >= 4 is 40.2 Å². The minimum absolute atomic E-state index is 0.243. The number of aliphatic imine (C=N–C) groups is 2. The van der Waals surface area contributed by atoms with Crippen LogP contribution in [0.25, 0.3) is 5.82 Å². The largest absolute Gasteiger partial charge is 0.416 e. The van der Waals surface area contributed by atoms with Crippen LogP contribution in [0.2, 0.25) is 0 Å². The molecule has 5 aromatic rings. The van der Waals surface area contributed by atoms with Gasteiger partial charge in [-0.1, -0.05) is 36.4 Å². The van der Waals surface area contributed by atoms with Gasteiger partial charge in [0, 0.05) is 37.2 Å². The number of anilines is 3. The second-order valence-electron chi connectivity index (χ2n) is 10.8. The van der Waals surface area contributed by atoms with Crippen LogP contribution in [0, 0.1) is 6.92 Å². The Bertz CT molecular complexity index is 1930. The third-order valence-electron chi connectivity index (χ3n) is 7.68. The van der Waals surface area contributed by atoms with Crippen LogP contribution in [0.5, 0.6) is 0 Å². The third-order valence-corrected chi connectivity index (χ3v) is 7.68. The van der Waals surface area contributed by atoms with Crippen molar-refractivity contribution in [2.75, 3.05) is 29.2 Å². The number of nitrogens with zero attached hydrogens (tertiary/aromatic N) is 7. The van der Waals surface area contributed by atoms with E-state index in [0.29, 0.717) is 29.0 Å². The lowest BCUT2D eigenvalue weighted by Crippen LogP contribution is -2.46. The Morgan fingerprint density at radius 1 is 0.864 bits per heavy atom. The molecule has 8 nitrogen and oxygen atoms in total. The summed E-state index contributed by atoms with van der Waals surface area (Å²) >= 11 is 0. The molecule has 2 aromatic heterocycles. The van der Waals surface area contributed by atoms with Crippen molar-refractivity contribution in [1.29, 1.82) is 0 Å². The van der Waals surface area contributed by atoms with Crippen LogP contribution in [-0.2, 0) is 6.18 Å². The predicted octanol–water partition coefficient (Wildman–Crippen LogP) is 7.46. The first-order valence-electron chi connectivity index (χ1n) is 14.0. The average Bonchev–Trinajstić information content (AvgIpc) is 3.36. The van der Waals surface area contributed by atoms with E-state index in [1.807, 2.05) is 68.4 Å². The highest BCUT2D eigenvalue weighted by Gasteiger charge is 2.41. The fourth-order valence-electron chi connectivity index (χ4n) is 5.62. The van der Waals surface area contributed by atoms with E-state index >= 15 is 0 Å². The van der Waals surface area contributed by atoms with E-state index < -0.39 is 11.7 Å². The minimum atomic E-state index is -4.49. The number of hydrogen-bond donors (Lipinski definition) is 1. The van der Waals surface area contributed by atoms with Crippen LogP contribution in [0.1, 0.15) is 28.4 Å². The van der Waals surface area contributed by atoms with Crippen LogP contribution in [0.4, 0.5) is 41.7 Å². The molecule has 3 aromatic carbocycles. The maximum absolute atomic E-state index is 13.6. The number of aromatic nitrogens is 3. The molecule has 2 aliphatic heterocycles. The summed E-state index contributed by atoms with van der Waals surface area (Å²) in [5.74, 6) is 1.94. The molecule has 220 valence electrons. The number of para-hydroxylation sites is 2. The number of nitrogens with one attached hydrogen (secondary N) is 1. The lowest BCUT2D eigenvalue weighted by atomic mass is 9.93. The van der Waals surface area contributed by atoms with Crippen LogP contribution in [0.3, 0.4) is 0 Å². The van der Waals surface area contributed by atoms with E-state index in [-0.39, 0.29) is 11.7 Å². The van der Waals surface area contributed by atoms with Gasteiger partial charge in [0.05, 0.1) is 28.7 Å². The molecule has 0 saturated carbocycles. The Labute approximate surface area is 251 Å². The van der Waals surface area contributed by atoms with Gasteiger partial charge in [0.15, 0.2) is 23.3 Å². The zero-order valence-electron chi connectivity index (χ0n) is 24.1. The average molecular weight is 593 g/mol. The number of aryl methyl sites for hydroxylation is 1. The molecule has 0 saturated heterocycles. The zero-order valence-corrected chi connectivity index (χ0v) is 24.1. The van der Waals surface area contributed by atoms with Crippen molar-refractivity contribution in [3.8, 4) is 5.82 Å². The summed E-state index contributed by atoms with van der Waals surface area (Å²) in [6, 6.07) is 26.2. The number of benzene rings is 3. The van der Waals surface area contributed by atoms with Crippen molar-refractivity contribution in [1.82, 2.24) is 14.8 Å². The summed E-state index contributed by atoms with van der Waals surface area (Å²) < 4.78 is 42.5. The SMILES string of the molecule is Cc1nn(-c2ccccn2)c2c1[C@H](c1ccc(N(C)C)cc1)N1C(=N2)C(Nc2cccc(C(F)(F)F)c2)=Nc2ccccc21. The number of alkyl halides is 3. The molecule has 0 bridgehead atoms. The first-order chi connectivity index (χ1) is 21.2. The molecule has 1 atom stereocenters. The molecule has 0 unspecified atom stereocenters. The van der Waals surface area contributed by atoms with Gasteiger partial charge >= 0.3 is 6.18 Å². The van der Waals surface area contributed by atoms with E-state index in [1.54, 1.807) is 16.9 Å². The number of hydrogen-bond acceptors (Lipinski definition) is 7. The summed E-state index contributed by atoms with van der Waals surface area (Å²) in [6.45, 7) is 1.95. The minimum Gasteiger partial charge on any atom is -0.378 e. The standard InChI is InChI=1S/C33H27F3N8/c1-20-28-29(21-14-16-24(17-15-21)42(2)3)43-26-12-5-4-11-25(26)39-30(38-23-10-8-9-22(19-23)33(34,35)36)32(43)40-31(28)44(41-20)27-13-6-7-18-37-27/h4-19,29H,1-3H3,(H,38,39)/t29-/m0/s1. The van der Waals surface area contributed by atoms with Crippen molar-refractivity contribution in [3.05, 3.63) is 120 Å². The molecule has 7 rings (SSSR count). The molecule has 2 aliphatic rings. The lowest BCUT2D eigenvalue weighted by molar-refractivity contribution is -0.137. The molecule has 4 heterocycles. The molecule has 44 heavy (non-hydrogen) atoms. The number of fused-ring (bicyclic) bond motifs is 4.